The zero-order valence-electron chi connectivity index (χ0n) is 22.4. The lowest BCUT2D eigenvalue weighted by atomic mass is 10.1. The number of likely N-dealkylation sites (tertiary alicyclic amines) is 1. The molecule has 42 heavy (non-hydrogen) atoms. The topological polar surface area (TPSA) is 120 Å². The maximum atomic E-state index is 13.3. The summed E-state index contributed by atoms with van der Waals surface area (Å²) in [6.45, 7) is 1.46. The van der Waals surface area contributed by atoms with Gasteiger partial charge in [0.15, 0.2) is 11.6 Å². The third-order valence-corrected chi connectivity index (χ3v) is 6.99. The van der Waals surface area contributed by atoms with Crippen LogP contribution in [0.4, 0.5) is 13.2 Å². The molecular formula is C27H26ClF3N8O3. The number of para-hydroxylation sites is 1. The van der Waals surface area contributed by atoms with Crippen molar-refractivity contribution in [3.05, 3.63) is 81.8 Å². The number of nitrogens with one attached hydrogen (secondary N) is 1. The normalized spacial score (nSPS) is 15.3. The second-order valence-corrected chi connectivity index (χ2v) is 10.3. The summed E-state index contributed by atoms with van der Waals surface area (Å²) in [6, 6.07) is 12.9. The van der Waals surface area contributed by atoms with Crippen LogP contribution >= 0.6 is 11.6 Å². The molecule has 11 nitrogen and oxygen atoms in total. The van der Waals surface area contributed by atoms with Crippen molar-refractivity contribution in [2.24, 2.45) is 0 Å². The minimum Gasteiger partial charge on any atom is -0.352 e. The molecule has 2 aromatic carbocycles. The molecule has 1 saturated heterocycles. The van der Waals surface area contributed by atoms with Crippen molar-refractivity contribution in [3.8, 4) is 17.1 Å². The maximum absolute atomic E-state index is 13.3. The van der Waals surface area contributed by atoms with Gasteiger partial charge < -0.3 is 10.2 Å². The van der Waals surface area contributed by atoms with Crippen molar-refractivity contribution >= 4 is 23.4 Å². The first-order valence-corrected chi connectivity index (χ1v) is 13.4. The molecule has 0 aliphatic carbocycles. The monoisotopic (exact) mass is 602 g/mol. The van der Waals surface area contributed by atoms with E-state index in [-0.39, 0.29) is 36.0 Å². The Labute approximate surface area is 242 Å². The molecule has 2 aromatic heterocycles. The van der Waals surface area contributed by atoms with Gasteiger partial charge in [-0.1, -0.05) is 23.7 Å². The third-order valence-electron chi connectivity index (χ3n) is 6.74. The van der Waals surface area contributed by atoms with Gasteiger partial charge in [0, 0.05) is 43.2 Å². The summed E-state index contributed by atoms with van der Waals surface area (Å²) in [5.41, 5.74) is 0.495. The van der Waals surface area contributed by atoms with E-state index < -0.39 is 24.8 Å². The lowest BCUT2D eigenvalue weighted by Gasteiger charge is -2.18. The second kappa shape index (κ2) is 11.8. The molecule has 0 radical (unpaired) electrons. The largest absolute Gasteiger partial charge is 0.390 e. The number of carbonyl (C=O) groups excluding carboxylic acids is 2. The van der Waals surface area contributed by atoms with Crippen molar-refractivity contribution in [2.75, 3.05) is 13.1 Å². The van der Waals surface area contributed by atoms with Gasteiger partial charge >= 0.3 is 11.9 Å². The standard InChI is InChI=1S/C27H26ClF3N8O3/c1-17(40)33-20-10-12-36(14-20)25(41)21-4-2-3-5-22(21)39-16-32-23(34-39)15-38-26(42)37(13-11-27(29,30)31)24(35-38)18-6-8-19(28)9-7-18/h2-9,16,20H,10-15H2,1H3,(H,33,40)/t20-/m0/s1. The van der Waals surface area contributed by atoms with E-state index in [0.717, 1.165) is 9.25 Å². The SMILES string of the molecule is CC(=O)N[C@H]1CCN(C(=O)c2ccccc2-n2cnc(Cn3nc(-c4ccc(Cl)cc4)n(CCC(F)(F)F)c3=O)n2)C1. The molecule has 0 saturated carbocycles. The van der Waals surface area contributed by atoms with Crippen LogP contribution in [-0.2, 0) is 17.9 Å². The lowest BCUT2D eigenvalue weighted by Crippen LogP contribution is -2.37. The molecule has 0 spiro atoms. The first-order valence-electron chi connectivity index (χ1n) is 13.0. The zero-order chi connectivity index (χ0) is 30.0. The highest BCUT2D eigenvalue weighted by atomic mass is 35.5. The molecule has 1 N–H and O–H groups in total. The van der Waals surface area contributed by atoms with Crippen LogP contribution in [0.15, 0.2) is 59.7 Å². The molecule has 0 bridgehead atoms. The van der Waals surface area contributed by atoms with Crippen LogP contribution in [-0.4, -0.2) is 71.1 Å². The first-order chi connectivity index (χ1) is 20.0. The van der Waals surface area contributed by atoms with Crippen LogP contribution in [0.25, 0.3) is 17.1 Å². The Kier molecular flexibility index (Phi) is 8.16. The van der Waals surface area contributed by atoms with Gasteiger partial charge in [0.2, 0.25) is 5.91 Å². The molecule has 0 unspecified atom stereocenters. The molecule has 2 amide bonds. The van der Waals surface area contributed by atoms with E-state index in [4.69, 9.17) is 11.6 Å². The number of amides is 2. The third kappa shape index (κ3) is 6.54. The summed E-state index contributed by atoms with van der Waals surface area (Å²) in [5, 5.41) is 12.0. The van der Waals surface area contributed by atoms with Gasteiger partial charge in [0.1, 0.15) is 12.9 Å². The maximum Gasteiger partial charge on any atom is 0.390 e. The van der Waals surface area contributed by atoms with Gasteiger partial charge in [-0.25, -0.2) is 19.1 Å². The Hall–Kier alpha value is -4.46. The smallest absolute Gasteiger partial charge is 0.352 e. The summed E-state index contributed by atoms with van der Waals surface area (Å²) in [7, 11) is 0. The summed E-state index contributed by atoms with van der Waals surface area (Å²) in [6.07, 6.45) is -3.65. The molecule has 15 heteroatoms. The number of nitrogens with zero attached hydrogens (tertiary/aromatic N) is 7. The molecule has 4 aromatic rings. The van der Waals surface area contributed by atoms with Gasteiger partial charge in [-0.2, -0.15) is 13.2 Å². The van der Waals surface area contributed by atoms with E-state index in [9.17, 15) is 27.6 Å². The fraction of sp³-hybridized carbons (Fsp3) is 0.333. The van der Waals surface area contributed by atoms with Crippen LogP contribution in [0.2, 0.25) is 5.02 Å². The van der Waals surface area contributed by atoms with E-state index in [1.165, 1.54) is 17.9 Å². The number of aromatic nitrogens is 6. The highest BCUT2D eigenvalue weighted by Gasteiger charge is 2.30. The Balaban J connectivity index is 1.40. The van der Waals surface area contributed by atoms with Gasteiger partial charge in [-0.05, 0) is 42.8 Å². The Morgan fingerprint density at radius 3 is 2.55 bits per heavy atom. The average Bonchev–Trinajstić information content (AvgIpc) is 3.67. The van der Waals surface area contributed by atoms with Gasteiger partial charge in [0.05, 0.1) is 17.7 Å². The fourth-order valence-corrected chi connectivity index (χ4v) is 4.92. The van der Waals surface area contributed by atoms with Crippen LogP contribution in [0.1, 0.15) is 35.9 Å². The highest BCUT2D eigenvalue weighted by molar-refractivity contribution is 6.30. The molecule has 3 heterocycles. The molecule has 5 rings (SSSR count). The lowest BCUT2D eigenvalue weighted by molar-refractivity contribution is -0.136. The van der Waals surface area contributed by atoms with Gasteiger partial charge in [-0.15, -0.1) is 10.2 Å². The fourth-order valence-electron chi connectivity index (χ4n) is 4.79. The van der Waals surface area contributed by atoms with Crippen LogP contribution < -0.4 is 11.0 Å². The number of hydrogen-bond acceptors (Lipinski definition) is 6. The predicted molar refractivity (Wildman–Crippen MR) is 146 cm³/mol. The van der Waals surface area contributed by atoms with Gasteiger partial charge in [-0.3, -0.25) is 14.2 Å². The van der Waals surface area contributed by atoms with E-state index >= 15 is 0 Å². The van der Waals surface area contributed by atoms with Crippen LogP contribution in [0, 0.1) is 0 Å². The molecule has 220 valence electrons. The van der Waals surface area contributed by atoms with Crippen molar-refractivity contribution in [2.45, 2.75) is 45.1 Å². The minimum absolute atomic E-state index is 0.0551. The summed E-state index contributed by atoms with van der Waals surface area (Å²) in [4.78, 5) is 43.8. The second-order valence-electron chi connectivity index (χ2n) is 9.85. The molecule has 1 aliphatic rings. The minimum atomic E-state index is -4.47. The van der Waals surface area contributed by atoms with E-state index in [0.29, 0.717) is 41.3 Å². The molecule has 1 aliphatic heterocycles. The molecule has 1 fully saturated rings. The van der Waals surface area contributed by atoms with Crippen molar-refractivity contribution < 1.29 is 22.8 Å². The number of benzene rings is 2. The number of hydrogen-bond donors (Lipinski definition) is 1. The number of halogens is 4. The zero-order valence-corrected chi connectivity index (χ0v) is 23.1. The van der Waals surface area contributed by atoms with Crippen molar-refractivity contribution in [1.82, 2.24) is 39.3 Å². The van der Waals surface area contributed by atoms with E-state index in [1.807, 2.05) is 0 Å². The van der Waals surface area contributed by atoms with Crippen LogP contribution in [0.5, 0.6) is 0 Å². The number of rotatable bonds is 8. The summed E-state index contributed by atoms with van der Waals surface area (Å²) in [5.74, 6) is -0.175. The van der Waals surface area contributed by atoms with Crippen molar-refractivity contribution in [1.29, 1.82) is 0 Å². The first kappa shape index (κ1) is 29.0. The Morgan fingerprint density at radius 1 is 1.10 bits per heavy atom. The van der Waals surface area contributed by atoms with Crippen molar-refractivity contribution in [3.63, 3.8) is 0 Å². The van der Waals surface area contributed by atoms with E-state index in [2.05, 4.69) is 20.5 Å². The number of alkyl halides is 3. The molecule has 1 atom stereocenters. The number of carbonyl (C=O) groups is 2. The van der Waals surface area contributed by atoms with Crippen LogP contribution in [0.3, 0.4) is 0 Å². The summed E-state index contributed by atoms with van der Waals surface area (Å²) >= 11 is 5.95. The molecular weight excluding hydrogens is 577 g/mol. The van der Waals surface area contributed by atoms with Gasteiger partial charge in [0.25, 0.3) is 5.91 Å². The Bertz CT molecular complexity index is 1660. The Morgan fingerprint density at radius 2 is 1.83 bits per heavy atom. The predicted octanol–water partition coefficient (Wildman–Crippen LogP) is 3.30. The quantitative estimate of drug-likeness (QED) is 0.331. The highest BCUT2D eigenvalue weighted by Crippen LogP contribution is 2.24. The average molecular weight is 603 g/mol. The van der Waals surface area contributed by atoms with E-state index in [1.54, 1.807) is 53.4 Å². The summed E-state index contributed by atoms with van der Waals surface area (Å²) < 4.78 is 42.4.